The third-order valence-electron chi connectivity index (χ3n) is 5.80. The molecule has 2 aromatic rings. The molecule has 0 unspecified atom stereocenters. The van der Waals surface area contributed by atoms with Crippen molar-refractivity contribution in [2.75, 3.05) is 26.2 Å². The quantitative estimate of drug-likeness (QED) is 0.712. The van der Waals surface area contributed by atoms with Crippen molar-refractivity contribution in [1.82, 2.24) is 14.7 Å². The lowest BCUT2D eigenvalue weighted by atomic mass is 10.0. The van der Waals surface area contributed by atoms with Crippen molar-refractivity contribution in [3.05, 3.63) is 70.8 Å². The summed E-state index contributed by atoms with van der Waals surface area (Å²) < 4.78 is 0. The van der Waals surface area contributed by atoms with Crippen LogP contribution in [-0.4, -0.2) is 70.5 Å². The fourth-order valence-electron chi connectivity index (χ4n) is 4.09. The zero-order chi connectivity index (χ0) is 22.1. The summed E-state index contributed by atoms with van der Waals surface area (Å²) in [6.07, 6.45) is 0.349. The number of carbonyl (C=O) groups excluding carboxylic acids is 4. The predicted octanol–water partition coefficient (Wildman–Crippen LogP) is 2.22. The van der Waals surface area contributed by atoms with E-state index in [9.17, 15) is 19.2 Å². The van der Waals surface area contributed by atoms with Gasteiger partial charge >= 0.3 is 0 Å². The van der Waals surface area contributed by atoms with E-state index in [1.165, 1.54) is 11.0 Å². The van der Waals surface area contributed by atoms with Crippen LogP contribution < -0.4 is 0 Å². The zero-order valence-electron chi connectivity index (χ0n) is 17.7. The van der Waals surface area contributed by atoms with Crippen LogP contribution in [0.3, 0.4) is 0 Å². The van der Waals surface area contributed by atoms with Crippen LogP contribution in [0.4, 0.5) is 0 Å². The molecule has 2 aliphatic heterocycles. The second kappa shape index (κ2) is 8.34. The van der Waals surface area contributed by atoms with Gasteiger partial charge in [-0.3, -0.25) is 24.1 Å². The number of fused-ring (bicyclic) bond motifs is 1. The van der Waals surface area contributed by atoms with E-state index in [-0.39, 0.29) is 35.2 Å². The molecule has 2 aromatic carbocycles. The van der Waals surface area contributed by atoms with Crippen molar-refractivity contribution in [3.8, 4) is 0 Å². The Morgan fingerprint density at radius 3 is 2.10 bits per heavy atom. The second-order valence-corrected chi connectivity index (χ2v) is 8.17. The molecule has 0 saturated carbocycles. The maximum Gasteiger partial charge on any atom is 0.261 e. The molecule has 0 spiro atoms. The molecule has 2 aliphatic rings. The summed E-state index contributed by atoms with van der Waals surface area (Å²) in [4.78, 5) is 55.3. The number of hydrogen-bond donors (Lipinski definition) is 0. The highest BCUT2D eigenvalue weighted by Gasteiger charge is 2.38. The third-order valence-corrected chi connectivity index (χ3v) is 5.80. The number of nitrogens with zero attached hydrogens (tertiary/aromatic N) is 3. The highest BCUT2D eigenvalue weighted by molar-refractivity contribution is 6.22. The fourth-order valence-corrected chi connectivity index (χ4v) is 4.09. The summed E-state index contributed by atoms with van der Waals surface area (Å²) in [5.74, 6) is -0.824. The van der Waals surface area contributed by atoms with Crippen molar-refractivity contribution >= 4 is 23.6 Å². The van der Waals surface area contributed by atoms with Crippen LogP contribution in [0.25, 0.3) is 0 Å². The summed E-state index contributed by atoms with van der Waals surface area (Å²) in [5, 5.41) is 0. The van der Waals surface area contributed by atoms with Crippen LogP contribution in [-0.2, 0) is 11.2 Å². The van der Waals surface area contributed by atoms with Crippen LogP contribution in [0.15, 0.2) is 48.5 Å². The van der Waals surface area contributed by atoms with Crippen LogP contribution in [0.1, 0.15) is 50.5 Å². The van der Waals surface area contributed by atoms with Crippen molar-refractivity contribution < 1.29 is 19.2 Å². The van der Waals surface area contributed by atoms with E-state index in [0.29, 0.717) is 43.7 Å². The summed E-state index contributed by atoms with van der Waals surface area (Å²) in [6.45, 7) is 5.38. The smallest absolute Gasteiger partial charge is 0.261 e. The maximum atomic E-state index is 13.0. The van der Waals surface area contributed by atoms with Gasteiger partial charge in [-0.2, -0.15) is 0 Å². The Morgan fingerprint density at radius 2 is 1.45 bits per heavy atom. The molecule has 1 saturated heterocycles. The van der Waals surface area contributed by atoms with Crippen molar-refractivity contribution in [3.63, 3.8) is 0 Å². The molecule has 0 atom stereocenters. The molecule has 0 bridgehead atoms. The van der Waals surface area contributed by atoms with Gasteiger partial charge in [-0.25, -0.2) is 0 Å². The Labute approximate surface area is 181 Å². The van der Waals surface area contributed by atoms with Gasteiger partial charge < -0.3 is 9.80 Å². The first-order valence-corrected chi connectivity index (χ1v) is 10.5. The van der Waals surface area contributed by atoms with E-state index in [4.69, 9.17) is 0 Å². The van der Waals surface area contributed by atoms with Crippen LogP contribution >= 0.6 is 0 Å². The van der Waals surface area contributed by atoms with E-state index in [2.05, 4.69) is 0 Å². The molecule has 0 radical (unpaired) electrons. The number of carbonyl (C=O) groups is 4. The van der Waals surface area contributed by atoms with E-state index >= 15 is 0 Å². The van der Waals surface area contributed by atoms with Crippen molar-refractivity contribution in [1.29, 1.82) is 0 Å². The highest BCUT2D eigenvalue weighted by atomic mass is 16.2. The molecule has 2 heterocycles. The van der Waals surface area contributed by atoms with Gasteiger partial charge in [-0.05, 0) is 37.6 Å². The lowest BCUT2D eigenvalue weighted by molar-refractivity contribution is -0.131. The molecule has 31 heavy (non-hydrogen) atoms. The Bertz CT molecular complexity index is 1040. The average Bonchev–Trinajstić information content (AvgIpc) is 3.03. The number of benzene rings is 2. The Balaban J connectivity index is 1.40. The minimum absolute atomic E-state index is 0.0497. The predicted molar refractivity (Wildman–Crippen MR) is 115 cm³/mol. The molecule has 1 fully saturated rings. The van der Waals surface area contributed by atoms with Gasteiger partial charge in [0.15, 0.2) is 0 Å². The topological polar surface area (TPSA) is 78.0 Å². The summed E-state index contributed by atoms with van der Waals surface area (Å²) in [5.41, 5.74) is 1.97. The standard InChI is InChI=1S/C24H25N3O4/c1-16(2)27-23(30)19-9-8-18(15-20(19)24(27)31)22(29)26-12-10-25(11-13-26)21(28)14-17-6-4-3-5-7-17/h3-9,15-16H,10-14H2,1-2H3. The Kier molecular flexibility index (Phi) is 5.59. The number of hydrogen-bond acceptors (Lipinski definition) is 4. The molecule has 0 N–H and O–H groups in total. The number of rotatable bonds is 4. The van der Waals surface area contributed by atoms with Crippen LogP contribution in [0.2, 0.25) is 0 Å². The SMILES string of the molecule is CC(C)N1C(=O)c2ccc(C(=O)N3CCN(C(=O)Cc4ccccc4)CC3)cc2C1=O. The van der Waals surface area contributed by atoms with Crippen LogP contribution in [0, 0.1) is 0 Å². The largest absolute Gasteiger partial charge is 0.339 e. The average molecular weight is 419 g/mol. The molecular formula is C24H25N3O4. The van der Waals surface area contributed by atoms with Gasteiger partial charge in [0.1, 0.15) is 0 Å². The number of imide groups is 1. The monoisotopic (exact) mass is 419 g/mol. The van der Waals surface area contributed by atoms with E-state index in [1.807, 2.05) is 30.3 Å². The second-order valence-electron chi connectivity index (χ2n) is 8.17. The molecule has 0 aliphatic carbocycles. The summed E-state index contributed by atoms with van der Waals surface area (Å²) >= 11 is 0. The lowest BCUT2D eigenvalue weighted by Crippen LogP contribution is -2.51. The molecule has 7 nitrogen and oxygen atoms in total. The lowest BCUT2D eigenvalue weighted by Gasteiger charge is -2.35. The van der Waals surface area contributed by atoms with Gasteiger partial charge in [0, 0.05) is 37.8 Å². The van der Waals surface area contributed by atoms with E-state index in [1.54, 1.807) is 35.8 Å². The Morgan fingerprint density at radius 1 is 0.839 bits per heavy atom. The molecule has 4 amide bonds. The highest BCUT2D eigenvalue weighted by Crippen LogP contribution is 2.26. The van der Waals surface area contributed by atoms with E-state index in [0.717, 1.165) is 5.56 Å². The van der Waals surface area contributed by atoms with Gasteiger partial charge in [-0.15, -0.1) is 0 Å². The number of piperazine rings is 1. The zero-order valence-corrected chi connectivity index (χ0v) is 17.7. The maximum absolute atomic E-state index is 13.0. The molecular weight excluding hydrogens is 394 g/mol. The molecule has 7 heteroatoms. The van der Waals surface area contributed by atoms with Crippen molar-refractivity contribution in [2.24, 2.45) is 0 Å². The first-order chi connectivity index (χ1) is 14.9. The summed E-state index contributed by atoms with van der Waals surface area (Å²) in [6, 6.07) is 14.0. The first-order valence-electron chi connectivity index (χ1n) is 10.5. The minimum Gasteiger partial charge on any atom is -0.339 e. The van der Waals surface area contributed by atoms with Gasteiger partial charge in [0.2, 0.25) is 5.91 Å². The molecule has 160 valence electrons. The van der Waals surface area contributed by atoms with Crippen molar-refractivity contribution in [2.45, 2.75) is 26.3 Å². The fraction of sp³-hybridized carbons (Fsp3) is 0.333. The third kappa shape index (κ3) is 3.95. The number of amides is 4. The minimum atomic E-state index is -0.360. The molecule has 4 rings (SSSR count). The van der Waals surface area contributed by atoms with Gasteiger partial charge in [0.25, 0.3) is 17.7 Å². The normalized spacial score (nSPS) is 16.2. The molecule has 0 aromatic heterocycles. The van der Waals surface area contributed by atoms with Gasteiger partial charge in [0.05, 0.1) is 17.5 Å². The van der Waals surface area contributed by atoms with Crippen LogP contribution in [0.5, 0.6) is 0 Å². The first kappa shape index (κ1) is 20.8. The Hall–Kier alpha value is -3.48. The van der Waals surface area contributed by atoms with E-state index < -0.39 is 0 Å². The summed E-state index contributed by atoms with van der Waals surface area (Å²) in [7, 11) is 0. The van der Waals surface area contributed by atoms with Gasteiger partial charge in [-0.1, -0.05) is 30.3 Å².